The molecule has 2 rings (SSSR count). The molecule has 0 aliphatic heterocycles. The van der Waals surface area contributed by atoms with Gasteiger partial charge in [0.05, 0.1) is 0 Å². The number of aliphatic hydroxyl groups is 2. The number of hydrogen-bond donors (Lipinski definition) is 3. The SMILES string of the molecule is O=C(Nc1ccc(C(O)O)cc1)C1CCCC1. The van der Waals surface area contributed by atoms with E-state index in [1.807, 2.05) is 0 Å². The summed E-state index contributed by atoms with van der Waals surface area (Å²) in [6.45, 7) is 0. The van der Waals surface area contributed by atoms with E-state index in [4.69, 9.17) is 10.2 Å². The molecule has 0 bridgehead atoms. The molecule has 0 atom stereocenters. The first-order valence-corrected chi connectivity index (χ1v) is 5.94. The van der Waals surface area contributed by atoms with Crippen LogP contribution in [0.1, 0.15) is 37.5 Å². The second kappa shape index (κ2) is 5.29. The van der Waals surface area contributed by atoms with Crippen molar-refractivity contribution in [2.24, 2.45) is 5.92 Å². The number of aliphatic hydroxyl groups excluding tert-OH is 1. The minimum Gasteiger partial charge on any atom is -0.364 e. The minimum atomic E-state index is -1.46. The van der Waals surface area contributed by atoms with E-state index < -0.39 is 6.29 Å². The summed E-state index contributed by atoms with van der Waals surface area (Å²) in [5.41, 5.74) is 1.12. The lowest BCUT2D eigenvalue weighted by Gasteiger charge is -2.11. The van der Waals surface area contributed by atoms with Crippen LogP contribution in [-0.2, 0) is 4.79 Å². The van der Waals surface area contributed by atoms with Crippen LogP contribution in [0.15, 0.2) is 24.3 Å². The molecular formula is C13H17NO3. The van der Waals surface area contributed by atoms with E-state index >= 15 is 0 Å². The lowest BCUT2D eigenvalue weighted by Crippen LogP contribution is -2.20. The van der Waals surface area contributed by atoms with Gasteiger partial charge in [-0.3, -0.25) is 4.79 Å². The molecule has 0 saturated heterocycles. The van der Waals surface area contributed by atoms with Crippen LogP contribution in [0.4, 0.5) is 5.69 Å². The predicted octanol–water partition coefficient (Wildman–Crippen LogP) is 1.80. The molecule has 1 fully saturated rings. The summed E-state index contributed by atoms with van der Waals surface area (Å²) < 4.78 is 0. The van der Waals surface area contributed by atoms with E-state index in [1.54, 1.807) is 24.3 Å². The van der Waals surface area contributed by atoms with Gasteiger partial charge in [0, 0.05) is 17.2 Å². The second-order valence-corrected chi connectivity index (χ2v) is 4.47. The molecule has 1 aromatic rings. The fourth-order valence-corrected chi connectivity index (χ4v) is 2.17. The van der Waals surface area contributed by atoms with Crippen molar-refractivity contribution in [3.05, 3.63) is 29.8 Å². The number of carbonyl (C=O) groups is 1. The number of anilines is 1. The average molecular weight is 235 g/mol. The molecule has 1 aromatic carbocycles. The Morgan fingerprint density at radius 3 is 2.29 bits per heavy atom. The third kappa shape index (κ3) is 3.05. The summed E-state index contributed by atoms with van der Waals surface area (Å²) in [5, 5.41) is 20.7. The molecule has 1 saturated carbocycles. The zero-order chi connectivity index (χ0) is 12.3. The number of benzene rings is 1. The third-order valence-corrected chi connectivity index (χ3v) is 3.20. The molecule has 3 N–H and O–H groups in total. The fraction of sp³-hybridized carbons (Fsp3) is 0.462. The molecule has 4 nitrogen and oxygen atoms in total. The highest BCUT2D eigenvalue weighted by atomic mass is 16.5. The van der Waals surface area contributed by atoms with Crippen LogP contribution >= 0.6 is 0 Å². The molecule has 1 amide bonds. The van der Waals surface area contributed by atoms with E-state index in [9.17, 15) is 4.79 Å². The van der Waals surface area contributed by atoms with Gasteiger partial charge in [-0.25, -0.2) is 0 Å². The second-order valence-electron chi connectivity index (χ2n) is 4.47. The molecule has 0 heterocycles. The zero-order valence-corrected chi connectivity index (χ0v) is 9.60. The van der Waals surface area contributed by atoms with Crippen molar-refractivity contribution in [3.63, 3.8) is 0 Å². The Morgan fingerprint density at radius 1 is 1.18 bits per heavy atom. The Bertz CT molecular complexity index is 380. The molecule has 1 aliphatic carbocycles. The summed E-state index contributed by atoms with van der Waals surface area (Å²) in [6, 6.07) is 6.55. The number of rotatable bonds is 3. The van der Waals surface area contributed by atoms with Crippen molar-refractivity contribution >= 4 is 11.6 Å². The van der Waals surface area contributed by atoms with Crippen molar-refractivity contribution < 1.29 is 15.0 Å². The Hall–Kier alpha value is -1.39. The first-order valence-electron chi connectivity index (χ1n) is 5.94. The van der Waals surface area contributed by atoms with Gasteiger partial charge in [-0.05, 0) is 25.0 Å². The van der Waals surface area contributed by atoms with Crippen LogP contribution in [0, 0.1) is 5.92 Å². The summed E-state index contributed by atoms with van der Waals surface area (Å²) in [5.74, 6) is 0.206. The van der Waals surface area contributed by atoms with Gasteiger partial charge in [-0.15, -0.1) is 0 Å². The fourth-order valence-electron chi connectivity index (χ4n) is 2.17. The lowest BCUT2D eigenvalue weighted by molar-refractivity contribution is -0.119. The van der Waals surface area contributed by atoms with E-state index in [0.717, 1.165) is 25.7 Å². The maximum atomic E-state index is 11.8. The Kier molecular flexibility index (Phi) is 3.76. The van der Waals surface area contributed by atoms with Gasteiger partial charge in [-0.2, -0.15) is 0 Å². The van der Waals surface area contributed by atoms with E-state index in [-0.39, 0.29) is 11.8 Å². The number of hydrogen-bond acceptors (Lipinski definition) is 3. The summed E-state index contributed by atoms with van der Waals surface area (Å²) in [7, 11) is 0. The van der Waals surface area contributed by atoms with Crippen molar-refractivity contribution in [2.75, 3.05) is 5.32 Å². The monoisotopic (exact) mass is 235 g/mol. The first-order chi connectivity index (χ1) is 8.16. The van der Waals surface area contributed by atoms with Gasteiger partial charge in [-0.1, -0.05) is 25.0 Å². The molecule has 0 radical (unpaired) electrons. The van der Waals surface area contributed by atoms with E-state index in [2.05, 4.69) is 5.32 Å². The van der Waals surface area contributed by atoms with Gasteiger partial charge >= 0.3 is 0 Å². The Morgan fingerprint density at radius 2 is 1.76 bits per heavy atom. The number of amides is 1. The largest absolute Gasteiger partial charge is 0.364 e. The molecule has 1 aliphatic rings. The topological polar surface area (TPSA) is 69.6 Å². The summed E-state index contributed by atoms with van der Waals surface area (Å²) in [6.07, 6.45) is 2.74. The maximum Gasteiger partial charge on any atom is 0.227 e. The maximum absolute atomic E-state index is 11.8. The van der Waals surface area contributed by atoms with Crippen molar-refractivity contribution in [2.45, 2.75) is 32.0 Å². The molecule has 0 aromatic heterocycles. The molecule has 4 heteroatoms. The minimum absolute atomic E-state index is 0.0693. The van der Waals surface area contributed by atoms with Crippen LogP contribution in [0.5, 0.6) is 0 Å². The van der Waals surface area contributed by atoms with Crippen LogP contribution in [0.3, 0.4) is 0 Å². The first kappa shape index (κ1) is 12.1. The molecular weight excluding hydrogens is 218 g/mol. The normalized spacial score (nSPS) is 16.4. The van der Waals surface area contributed by atoms with E-state index in [0.29, 0.717) is 11.3 Å². The van der Waals surface area contributed by atoms with Gasteiger partial charge in [0.25, 0.3) is 0 Å². The van der Waals surface area contributed by atoms with Gasteiger partial charge < -0.3 is 15.5 Å². The lowest BCUT2D eigenvalue weighted by atomic mass is 10.1. The van der Waals surface area contributed by atoms with Crippen molar-refractivity contribution in [1.29, 1.82) is 0 Å². The summed E-state index contributed by atoms with van der Waals surface area (Å²) in [4.78, 5) is 11.8. The highest BCUT2D eigenvalue weighted by Gasteiger charge is 2.22. The van der Waals surface area contributed by atoms with Crippen LogP contribution in [0.25, 0.3) is 0 Å². The Balaban J connectivity index is 1.96. The van der Waals surface area contributed by atoms with Gasteiger partial charge in [0.15, 0.2) is 6.29 Å². The van der Waals surface area contributed by atoms with E-state index in [1.165, 1.54) is 0 Å². The number of carbonyl (C=O) groups excluding carboxylic acids is 1. The summed E-state index contributed by atoms with van der Waals surface area (Å²) >= 11 is 0. The highest BCUT2D eigenvalue weighted by Crippen LogP contribution is 2.26. The van der Waals surface area contributed by atoms with Crippen LogP contribution in [-0.4, -0.2) is 16.1 Å². The molecule has 0 spiro atoms. The van der Waals surface area contributed by atoms with Crippen LogP contribution in [0.2, 0.25) is 0 Å². The number of nitrogens with one attached hydrogen (secondary N) is 1. The molecule has 0 unspecified atom stereocenters. The standard InChI is InChI=1S/C13H17NO3/c15-12(9-3-1-2-4-9)14-11-7-5-10(6-8-11)13(16)17/h5-9,13,16-17H,1-4H2,(H,14,15). The molecule has 92 valence electrons. The highest BCUT2D eigenvalue weighted by molar-refractivity contribution is 5.92. The quantitative estimate of drug-likeness (QED) is 0.700. The third-order valence-electron chi connectivity index (χ3n) is 3.20. The zero-order valence-electron chi connectivity index (χ0n) is 9.60. The van der Waals surface area contributed by atoms with Crippen LogP contribution < -0.4 is 5.32 Å². The smallest absolute Gasteiger partial charge is 0.227 e. The molecule has 17 heavy (non-hydrogen) atoms. The Labute approximate surface area is 100 Å². The van der Waals surface area contributed by atoms with Crippen molar-refractivity contribution in [1.82, 2.24) is 0 Å². The van der Waals surface area contributed by atoms with Gasteiger partial charge in [0.2, 0.25) is 5.91 Å². The predicted molar refractivity (Wildman–Crippen MR) is 64.2 cm³/mol. The van der Waals surface area contributed by atoms with Gasteiger partial charge in [0.1, 0.15) is 0 Å². The average Bonchev–Trinajstić information content (AvgIpc) is 2.83. The van der Waals surface area contributed by atoms with Crippen molar-refractivity contribution in [3.8, 4) is 0 Å².